The molecule has 1 atom stereocenters. The number of hydrogen-bond donors (Lipinski definition) is 2. The second-order valence-corrected chi connectivity index (χ2v) is 4.63. The lowest BCUT2D eigenvalue weighted by Crippen LogP contribution is -2.40. The van der Waals surface area contributed by atoms with Crippen LogP contribution in [0.25, 0.3) is 5.69 Å². The van der Waals surface area contributed by atoms with Gasteiger partial charge in [-0.15, -0.1) is 0 Å². The largest absolute Gasteiger partial charge is 0.480 e. The van der Waals surface area contributed by atoms with Crippen LogP contribution >= 0.6 is 0 Å². The first kappa shape index (κ1) is 14.8. The van der Waals surface area contributed by atoms with Crippen molar-refractivity contribution in [3.8, 4) is 5.69 Å². The molecule has 1 heterocycles. The van der Waals surface area contributed by atoms with Crippen LogP contribution in [0.4, 0.5) is 0 Å². The molecule has 0 fully saturated rings. The van der Waals surface area contributed by atoms with Crippen molar-refractivity contribution in [2.45, 2.75) is 25.8 Å². The average Bonchev–Trinajstić information content (AvgIpc) is 2.97. The SMILES string of the molecule is CCC[C@H](NC(=O)c1ccn(-c2ccccc2)n1)C(=O)O. The quantitative estimate of drug-likeness (QED) is 0.849. The summed E-state index contributed by atoms with van der Waals surface area (Å²) in [4.78, 5) is 23.1. The van der Waals surface area contributed by atoms with Crippen LogP contribution in [0, 0.1) is 0 Å². The normalized spacial score (nSPS) is 11.9. The molecule has 0 saturated heterocycles. The highest BCUT2D eigenvalue weighted by Crippen LogP contribution is 2.07. The Balaban J connectivity index is 2.10. The number of rotatable bonds is 6. The summed E-state index contributed by atoms with van der Waals surface area (Å²) in [5, 5.41) is 15.7. The molecule has 0 unspecified atom stereocenters. The molecular weight excluding hydrogens is 270 g/mol. The predicted octanol–water partition coefficient (Wildman–Crippen LogP) is 1.86. The van der Waals surface area contributed by atoms with Gasteiger partial charge in [0.2, 0.25) is 0 Å². The number of carboxylic acid groups (broad SMARTS) is 1. The highest BCUT2D eigenvalue weighted by Gasteiger charge is 2.20. The summed E-state index contributed by atoms with van der Waals surface area (Å²) >= 11 is 0. The first-order valence-electron chi connectivity index (χ1n) is 6.76. The average molecular weight is 287 g/mol. The standard InChI is InChI=1S/C15H17N3O3/c1-2-6-13(15(20)21)16-14(19)12-9-10-18(17-12)11-7-4-3-5-8-11/h3-5,7-10,13H,2,6H2,1H3,(H,16,19)(H,20,21)/t13-/m0/s1. The maximum atomic E-state index is 12.0. The minimum Gasteiger partial charge on any atom is -0.480 e. The van der Waals surface area contributed by atoms with Gasteiger partial charge in [-0.2, -0.15) is 5.10 Å². The van der Waals surface area contributed by atoms with Gasteiger partial charge in [0.05, 0.1) is 5.69 Å². The summed E-state index contributed by atoms with van der Waals surface area (Å²) in [7, 11) is 0. The van der Waals surface area contributed by atoms with E-state index in [9.17, 15) is 9.59 Å². The van der Waals surface area contributed by atoms with Crippen LogP contribution in [-0.4, -0.2) is 32.8 Å². The first-order valence-corrected chi connectivity index (χ1v) is 6.76. The van der Waals surface area contributed by atoms with Crippen LogP contribution in [0.5, 0.6) is 0 Å². The monoisotopic (exact) mass is 287 g/mol. The number of aromatic nitrogens is 2. The zero-order valence-electron chi connectivity index (χ0n) is 11.7. The van der Waals surface area contributed by atoms with Gasteiger partial charge in [0.25, 0.3) is 5.91 Å². The van der Waals surface area contributed by atoms with Gasteiger partial charge in [0.1, 0.15) is 6.04 Å². The fourth-order valence-electron chi connectivity index (χ4n) is 1.95. The summed E-state index contributed by atoms with van der Waals surface area (Å²) in [6.45, 7) is 1.87. The molecule has 21 heavy (non-hydrogen) atoms. The third kappa shape index (κ3) is 3.68. The smallest absolute Gasteiger partial charge is 0.326 e. The molecule has 1 aromatic carbocycles. The molecule has 0 saturated carbocycles. The van der Waals surface area contributed by atoms with Gasteiger partial charge in [-0.3, -0.25) is 4.79 Å². The highest BCUT2D eigenvalue weighted by molar-refractivity contribution is 5.94. The number of carbonyl (C=O) groups is 2. The van der Waals surface area contributed by atoms with E-state index in [0.29, 0.717) is 12.8 Å². The van der Waals surface area contributed by atoms with Gasteiger partial charge in [-0.05, 0) is 24.6 Å². The van der Waals surface area contributed by atoms with Crippen molar-refractivity contribution in [3.63, 3.8) is 0 Å². The maximum Gasteiger partial charge on any atom is 0.326 e. The van der Waals surface area contributed by atoms with Crippen LogP contribution in [0.15, 0.2) is 42.6 Å². The van der Waals surface area contributed by atoms with Gasteiger partial charge in [0.15, 0.2) is 5.69 Å². The number of nitrogens with zero attached hydrogens (tertiary/aromatic N) is 2. The molecule has 0 spiro atoms. The second kappa shape index (κ2) is 6.69. The van der Waals surface area contributed by atoms with E-state index in [4.69, 9.17) is 5.11 Å². The molecule has 6 nitrogen and oxygen atoms in total. The summed E-state index contributed by atoms with van der Waals surface area (Å²) < 4.78 is 1.57. The van der Waals surface area contributed by atoms with Crippen LogP contribution in [0.2, 0.25) is 0 Å². The Labute approximate surface area is 122 Å². The van der Waals surface area contributed by atoms with Crippen molar-refractivity contribution in [1.82, 2.24) is 15.1 Å². The van der Waals surface area contributed by atoms with Crippen molar-refractivity contribution in [1.29, 1.82) is 0 Å². The lowest BCUT2D eigenvalue weighted by atomic mass is 10.1. The van der Waals surface area contributed by atoms with Crippen molar-refractivity contribution < 1.29 is 14.7 Å². The Morgan fingerprint density at radius 2 is 2.00 bits per heavy atom. The van der Waals surface area contributed by atoms with Gasteiger partial charge < -0.3 is 10.4 Å². The van der Waals surface area contributed by atoms with E-state index in [1.165, 1.54) is 0 Å². The van der Waals surface area contributed by atoms with E-state index in [1.54, 1.807) is 16.9 Å². The molecule has 1 amide bonds. The Kier molecular flexibility index (Phi) is 4.71. The Bertz CT molecular complexity index is 622. The zero-order chi connectivity index (χ0) is 15.2. The number of hydrogen-bond acceptors (Lipinski definition) is 3. The maximum absolute atomic E-state index is 12.0. The molecular formula is C15H17N3O3. The number of carbonyl (C=O) groups excluding carboxylic acids is 1. The fourth-order valence-corrected chi connectivity index (χ4v) is 1.95. The van der Waals surface area contributed by atoms with E-state index in [1.807, 2.05) is 37.3 Å². The molecule has 0 radical (unpaired) electrons. The third-order valence-corrected chi connectivity index (χ3v) is 3.02. The highest BCUT2D eigenvalue weighted by atomic mass is 16.4. The number of amides is 1. The van der Waals surface area contributed by atoms with E-state index in [0.717, 1.165) is 5.69 Å². The molecule has 110 valence electrons. The molecule has 6 heteroatoms. The van der Waals surface area contributed by atoms with E-state index >= 15 is 0 Å². The number of aliphatic carboxylic acids is 1. The van der Waals surface area contributed by atoms with E-state index < -0.39 is 17.9 Å². The zero-order valence-corrected chi connectivity index (χ0v) is 11.7. The van der Waals surface area contributed by atoms with Crippen molar-refractivity contribution in [2.24, 2.45) is 0 Å². The molecule has 2 N–H and O–H groups in total. The molecule has 0 aliphatic rings. The fraction of sp³-hybridized carbons (Fsp3) is 0.267. The van der Waals surface area contributed by atoms with E-state index in [2.05, 4.69) is 10.4 Å². The minimum atomic E-state index is -1.03. The van der Waals surface area contributed by atoms with Crippen LogP contribution in [0.3, 0.4) is 0 Å². The Morgan fingerprint density at radius 1 is 1.29 bits per heavy atom. The number of nitrogens with one attached hydrogen (secondary N) is 1. The Hall–Kier alpha value is -2.63. The van der Waals surface area contributed by atoms with Crippen LogP contribution in [-0.2, 0) is 4.79 Å². The minimum absolute atomic E-state index is 0.196. The summed E-state index contributed by atoms with van der Waals surface area (Å²) in [6, 6.07) is 10.1. The topological polar surface area (TPSA) is 84.2 Å². The number of para-hydroxylation sites is 1. The van der Waals surface area contributed by atoms with Crippen LogP contribution in [0.1, 0.15) is 30.3 Å². The van der Waals surface area contributed by atoms with Gasteiger partial charge in [0, 0.05) is 6.20 Å². The van der Waals surface area contributed by atoms with Crippen molar-refractivity contribution in [3.05, 3.63) is 48.3 Å². The third-order valence-electron chi connectivity index (χ3n) is 3.02. The van der Waals surface area contributed by atoms with Gasteiger partial charge in [-0.1, -0.05) is 31.5 Å². The van der Waals surface area contributed by atoms with E-state index in [-0.39, 0.29) is 5.69 Å². The predicted molar refractivity (Wildman–Crippen MR) is 77.4 cm³/mol. The Morgan fingerprint density at radius 3 is 2.62 bits per heavy atom. The number of benzene rings is 1. The van der Waals surface area contributed by atoms with Crippen LogP contribution < -0.4 is 5.32 Å². The molecule has 0 aliphatic heterocycles. The molecule has 1 aromatic heterocycles. The molecule has 0 aliphatic carbocycles. The van der Waals surface area contributed by atoms with Gasteiger partial charge in [-0.25, -0.2) is 9.48 Å². The van der Waals surface area contributed by atoms with Crippen molar-refractivity contribution in [2.75, 3.05) is 0 Å². The number of carboxylic acids is 1. The summed E-state index contributed by atoms with van der Waals surface area (Å²) in [5.41, 5.74) is 1.03. The molecule has 0 bridgehead atoms. The lowest BCUT2D eigenvalue weighted by molar-refractivity contribution is -0.139. The second-order valence-electron chi connectivity index (χ2n) is 4.63. The molecule has 2 rings (SSSR count). The molecule has 2 aromatic rings. The lowest BCUT2D eigenvalue weighted by Gasteiger charge is -2.12. The van der Waals surface area contributed by atoms with Gasteiger partial charge >= 0.3 is 5.97 Å². The summed E-state index contributed by atoms with van der Waals surface area (Å²) in [6.07, 6.45) is 2.73. The van der Waals surface area contributed by atoms with Crippen molar-refractivity contribution >= 4 is 11.9 Å². The summed E-state index contributed by atoms with van der Waals surface area (Å²) in [5.74, 6) is -1.52. The first-order chi connectivity index (χ1) is 10.1.